The third kappa shape index (κ3) is 6.03. The predicted molar refractivity (Wildman–Crippen MR) is 126 cm³/mol. The molecule has 2 heterocycles. The number of rotatable bonds is 11. The number of carboxylic acids is 1. The van der Waals surface area contributed by atoms with Gasteiger partial charge in [-0.3, -0.25) is 0 Å². The largest absolute Gasteiger partial charge is 0.497 e. The molecule has 34 heavy (non-hydrogen) atoms. The van der Waals surface area contributed by atoms with Crippen LogP contribution in [0.5, 0.6) is 5.75 Å². The number of aryl methyl sites for hydroxylation is 1. The van der Waals surface area contributed by atoms with Gasteiger partial charge < -0.3 is 24.9 Å². The van der Waals surface area contributed by atoms with Gasteiger partial charge in [0.25, 0.3) is 0 Å². The number of nitrogens with zero attached hydrogens (tertiary/aromatic N) is 3. The van der Waals surface area contributed by atoms with Crippen LogP contribution in [0.3, 0.4) is 0 Å². The van der Waals surface area contributed by atoms with E-state index in [1.165, 1.54) is 0 Å². The number of imidazole rings is 1. The van der Waals surface area contributed by atoms with E-state index in [1.54, 1.807) is 37.2 Å². The molecule has 2 aromatic heterocycles. The van der Waals surface area contributed by atoms with E-state index in [4.69, 9.17) is 9.47 Å². The molecule has 3 rings (SSSR count). The lowest BCUT2D eigenvalue weighted by Gasteiger charge is -2.19. The molecular formula is C24H29N5O5. The van der Waals surface area contributed by atoms with E-state index in [-0.39, 0.29) is 6.04 Å². The second-order valence-electron chi connectivity index (χ2n) is 7.79. The number of carboxylic acid groups (broad SMARTS) is 1. The normalized spacial score (nSPS) is 13.2. The Morgan fingerprint density at radius 3 is 2.62 bits per heavy atom. The van der Waals surface area contributed by atoms with E-state index in [0.29, 0.717) is 30.2 Å². The van der Waals surface area contributed by atoms with E-state index in [0.717, 1.165) is 17.5 Å². The molecular weight excluding hydrogens is 438 g/mol. The molecule has 0 bridgehead atoms. The van der Waals surface area contributed by atoms with Gasteiger partial charge in [0, 0.05) is 31.1 Å². The number of aliphatic carboxylic acids is 1. The molecule has 0 aliphatic rings. The van der Waals surface area contributed by atoms with E-state index < -0.39 is 23.6 Å². The fourth-order valence-corrected chi connectivity index (χ4v) is 3.29. The Morgan fingerprint density at radius 2 is 2.03 bits per heavy atom. The number of aromatic amines is 1. The van der Waals surface area contributed by atoms with Gasteiger partial charge in [0.15, 0.2) is 5.57 Å². The van der Waals surface area contributed by atoms with Crippen LogP contribution in [-0.4, -0.2) is 50.0 Å². The second-order valence-corrected chi connectivity index (χ2v) is 7.79. The molecule has 0 saturated heterocycles. The summed E-state index contributed by atoms with van der Waals surface area (Å²) in [6, 6.07) is 9.13. The first-order valence-corrected chi connectivity index (χ1v) is 10.9. The lowest BCUT2D eigenvalue weighted by Crippen LogP contribution is -2.22. The van der Waals surface area contributed by atoms with Crippen LogP contribution in [0.4, 0.5) is 5.82 Å². The third-order valence-electron chi connectivity index (χ3n) is 5.27. The van der Waals surface area contributed by atoms with Gasteiger partial charge in [-0.25, -0.2) is 19.3 Å². The quantitative estimate of drug-likeness (QED) is 0.169. The van der Waals surface area contributed by atoms with Gasteiger partial charge in [-0.05, 0) is 38.0 Å². The molecule has 2 unspecified atom stereocenters. The highest BCUT2D eigenvalue weighted by Gasteiger charge is 2.24. The molecule has 0 amide bonds. The number of hydrogen-bond donors (Lipinski definition) is 3. The number of carbonyl (C=O) groups is 2. The molecule has 10 nitrogen and oxygen atoms in total. The smallest absolute Gasteiger partial charge is 0.347 e. The highest BCUT2D eigenvalue weighted by molar-refractivity contribution is 6.13. The van der Waals surface area contributed by atoms with Crippen LogP contribution in [0.1, 0.15) is 43.4 Å². The van der Waals surface area contributed by atoms with Gasteiger partial charge in [0.2, 0.25) is 0 Å². The summed E-state index contributed by atoms with van der Waals surface area (Å²) in [7, 11) is 1.61. The summed E-state index contributed by atoms with van der Waals surface area (Å²) >= 11 is 0. The highest BCUT2D eigenvalue weighted by Crippen LogP contribution is 2.26. The number of methoxy groups -OCH3 is 1. The Labute approximate surface area is 197 Å². The van der Waals surface area contributed by atoms with Crippen molar-refractivity contribution in [3.8, 4) is 5.75 Å². The van der Waals surface area contributed by atoms with Gasteiger partial charge in [-0.1, -0.05) is 19.1 Å². The fraction of sp³-hybridized carbons (Fsp3) is 0.333. The first kappa shape index (κ1) is 24.6. The molecule has 2 atom stereocenters. The number of hydrogen-bond acceptors (Lipinski definition) is 7. The van der Waals surface area contributed by atoms with Crippen LogP contribution in [0.2, 0.25) is 0 Å². The number of anilines is 1. The first-order valence-electron chi connectivity index (χ1n) is 10.9. The SMILES string of the molecule is CCC(C)OC(=O)C(=CNc1cc(C)nn1C(Cc1ccc(OC)cc1)c1ncc[nH]1)C(=O)O. The van der Waals surface area contributed by atoms with Gasteiger partial charge >= 0.3 is 11.9 Å². The Balaban J connectivity index is 1.92. The minimum absolute atomic E-state index is 0.326. The monoisotopic (exact) mass is 467 g/mol. The maximum Gasteiger partial charge on any atom is 0.347 e. The Bertz CT molecular complexity index is 1140. The average molecular weight is 468 g/mol. The van der Waals surface area contributed by atoms with E-state index in [9.17, 15) is 14.7 Å². The molecule has 0 aliphatic carbocycles. The van der Waals surface area contributed by atoms with Crippen molar-refractivity contribution in [2.75, 3.05) is 12.4 Å². The molecule has 0 spiro atoms. The molecule has 0 saturated carbocycles. The van der Waals surface area contributed by atoms with Crippen molar-refractivity contribution in [1.82, 2.24) is 19.7 Å². The molecule has 10 heteroatoms. The molecule has 1 aromatic carbocycles. The van der Waals surface area contributed by atoms with E-state index >= 15 is 0 Å². The van der Waals surface area contributed by atoms with Gasteiger partial charge in [0.05, 0.1) is 18.9 Å². The van der Waals surface area contributed by atoms with Crippen LogP contribution < -0.4 is 10.1 Å². The number of ether oxygens (including phenoxy) is 2. The summed E-state index contributed by atoms with van der Waals surface area (Å²) in [6.07, 6.45) is 5.26. The molecule has 3 aromatic rings. The van der Waals surface area contributed by atoms with Gasteiger partial charge in [0.1, 0.15) is 23.4 Å². The zero-order valence-corrected chi connectivity index (χ0v) is 19.6. The first-order chi connectivity index (χ1) is 16.3. The zero-order chi connectivity index (χ0) is 24.7. The molecule has 0 aliphatic heterocycles. The Kier molecular flexibility index (Phi) is 8.07. The summed E-state index contributed by atoms with van der Waals surface area (Å²) in [5, 5.41) is 17.1. The van der Waals surface area contributed by atoms with Crippen molar-refractivity contribution < 1.29 is 24.2 Å². The summed E-state index contributed by atoms with van der Waals surface area (Å²) in [5.74, 6) is -0.350. The molecule has 180 valence electrons. The molecule has 0 fully saturated rings. The van der Waals surface area contributed by atoms with E-state index in [1.807, 2.05) is 38.1 Å². The number of carbonyl (C=O) groups excluding carboxylic acids is 1. The average Bonchev–Trinajstić information content (AvgIpc) is 3.47. The maximum absolute atomic E-state index is 12.3. The third-order valence-corrected chi connectivity index (χ3v) is 5.27. The van der Waals surface area contributed by atoms with Crippen LogP contribution in [0.25, 0.3) is 0 Å². The fourth-order valence-electron chi connectivity index (χ4n) is 3.29. The molecule has 3 N–H and O–H groups in total. The Morgan fingerprint density at radius 1 is 1.29 bits per heavy atom. The number of esters is 1. The highest BCUT2D eigenvalue weighted by atomic mass is 16.5. The summed E-state index contributed by atoms with van der Waals surface area (Å²) in [4.78, 5) is 31.6. The predicted octanol–water partition coefficient (Wildman–Crippen LogP) is 3.48. The topological polar surface area (TPSA) is 131 Å². The van der Waals surface area contributed by atoms with Crippen molar-refractivity contribution >= 4 is 17.8 Å². The summed E-state index contributed by atoms with van der Waals surface area (Å²) in [6.45, 7) is 5.38. The summed E-state index contributed by atoms with van der Waals surface area (Å²) < 4.78 is 12.1. The van der Waals surface area contributed by atoms with Crippen LogP contribution >= 0.6 is 0 Å². The number of nitrogens with one attached hydrogen (secondary N) is 2. The van der Waals surface area contributed by atoms with Gasteiger partial charge in [-0.2, -0.15) is 5.10 Å². The van der Waals surface area contributed by atoms with Crippen molar-refractivity contribution in [1.29, 1.82) is 0 Å². The van der Waals surface area contributed by atoms with Crippen molar-refractivity contribution in [3.05, 3.63) is 71.6 Å². The Hall–Kier alpha value is -4.08. The van der Waals surface area contributed by atoms with Crippen molar-refractivity contribution in [2.45, 2.75) is 45.8 Å². The number of benzene rings is 1. The van der Waals surface area contributed by atoms with Gasteiger partial charge in [-0.15, -0.1) is 0 Å². The van der Waals surface area contributed by atoms with E-state index in [2.05, 4.69) is 20.4 Å². The van der Waals surface area contributed by atoms with Crippen LogP contribution in [-0.2, 0) is 20.7 Å². The van der Waals surface area contributed by atoms with Crippen LogP contribution in [0, 0.1) is 6.92 Å². The maximum atomic E-state index is 12.3. The lowest BCUT2D eigenvalue weighted by atomic mass is 10.1. The second kappa shape index (κ2) is 11.2. The molecule has 0 radical (unpaired) electrons. The number of aromatic nitrogens is 4. The zero-order valence-electron chi connectivity index (χ0n) is 19.6. The van der Waals surface area contributed by atoms with Crippen molar-refractivity contribution in [3.63, 3.8) is 0 Å². The minimum Gasteiger partial charge on any atom is -0.497 e. The minimum atomic E-state index is -1.38. The summed E-state index contributed by atoms with van der Waals surface area (Å²) in [5.41, 5.74) is 1.23. The standard InChI is InChI=1S/C24H29N5O5/c1-5-16(3)34-24(32)19(23(30)31)14-27-21-12-15(2)28-29(21)20(22-25-10-11-26-22)13-17-6-8-18(33-4)9-7-17/h6-12,14,16,20,27H,5,13H2,1-4H3,(H,25,26)(H,30,31). The van der Waals surface area contributed by atoms with Crippen molar-refractivity contribution in [2.24, 2.45) is 0 Å². The number of H-pyrrole nitrogens is 1. The van der Waals surface area contributed by atoms with Crippen LogP contribution in [0.15, 0.2) is 54.5 Å². The lowest BCUT2D eigenvalue weighted by molar-refractivity contribution is -0.147.